The first-order valence-electron chi connectivity index (χ1n) is 7.76. The number of anilines is 2. The Bertz CT molecular complexity index is 915. The van der Waals surface area contributed by atoms with E-state index in [4.69, 9.17) is 17.3 Å². The van der Waals surface area contributed by atoms with Crippen molar-refractivity contribution in [3.63, 3.8) is 0 Å². The minimum atomic E-state index is -0.395. The van der Waals surface area contributed by atoms with Crippen LogP contribution in [0.15, 0.2) is 42.5 Å². The van der Waals surface area contributed by atoms with Crippen molar-refractivity contribution in [1.29, 1.82) is 0 Å². The molecule has 0 aliphatic carbocycles. The van der Waals surface area contributed by atoms with Gasteiger partial charge in [-0.05, 0) is 48.7 Å². The highest BCUT2D eigenvalue weighted by atomic mass is 35.5. The van der Waals surface area contributed by atoms with Crippen molar-refractivity contribution in [2.75, 3.05) is 11.1 Å². The number of hydrogen-bond donors (Lipinski definition) is 2. The van der Waals surface area contributed by atoms with Crippen LogP contribution < -0.4 is 11.1 Å². The molecule has 7 heteroatoms. The molecule has 1 heterocycles. The molecule has 0 aliphatic heterocycles. The van der Waals surface area contributed by atoms with Crippen molar-refractivity contribution in [1.82, 2.24) is 15.0 Å². The van der Waals surface area contributed by atoms with Crippen LogP contribution in [0.3, 0.4) is 0 Å². The van der Waals surface area contributed by atoms with Crippen LogP contribution >= 0.6 is 11.6 Å². The fourth-order valence-electron chi connectivity index (χ4n) is 2.62. The Balaban J connectivity index is 1.80. The Morgan fingerprint density at radius 2 is 1.88 bits per heavy atom. The third kappa shape index (κ3) is 3.80. The summed E-state index contributed by atoms with van der Waals surface area (Å²) < 4.78 is 1.46. The lowest BCUT2D eigenvalue weighted by molar-refractivity contribution is 0.102. The van der Waals surface area contributed by atoms with E-state index in [9.17, 15) is 4.79 Å². The normalized spacial score (nSPS) is 10.7. The van der Waals surface area contributed by atoms with Gasteiger partial charge in [-0.3, -0.25) is 4.79 Å². The highest BCUT2D eigenvalue weighted by molar-refractivity contribution is 6.31. The number of nitrogens with two attached hydrogens (primary N) is 1. The van der Waals surface area contributed by atoms with Crippen LogP contribution in [0.2, 0.25) is 5.02 Å². The van der Waals surface area contributed by atoms with E-state index in [2.05, 4.69) is 15.6 Å². The summed E-state index contributed by atoms with van der Waals surface area (Å²) >= 11 is 6.15. The van der Waals surface area contributed by atoms with E-state index in [0.717, 1.165) is 16.7 Å². The predicted octanol–water partition coefficient (Wildman–Crippen LogP) is 3.43. The number of benzene rings is 2. The smallest absolute Gasteiger partial charge is 0.280 e. The number of amides is 1. The largest absolute Gasteiger partial charge is 0.382 e. The first-order valence-corrected chi connectivity index (χ1v) is 8.14. The average molecular weight is 356 g/mol. The lowest BCUT2D eigenvalue weighted by atomic mass is 10.1. The summed E-state index contributed by atoms with van der Waals surface area (Å²) in [7, 11) is 0. The number of hydrogen-bond acceptors (Lipinski definition) is 4. The zero-order valence-corrected chi connectivity index (χ0v) is 14.7. The molecule has 0 atom stereocenters. The molecule has 25 heavy (non-hydrogen) atoms. The zero-order chi connectivity index (χ0) is 18.0. The second kappa shape index (κ2) is 6.94. The molecule has 0 fully saturated rings. The number of halogens is 1. The fraction of sp³-hybridized carbons (Fsp3) is 0.167. The van der Waals surface area contributed by atoms with Crippen LogP contribution in [-0.2, 0) is 6.54 Å². The molecule has 0 saturated carbocycles. The molecule has 0 bridgehead atoms. The number of nitrogen functional groups attached to an aromatic ring is 1. The first-order chi connectivity index (χ1) is 11.9. The SMILES string of the molecule is Cc1cc(C)cc(NC(=O)c2nnn(Cc3ccccc3Cl)c2N)c1. The van der Waals surface area contributed by atoms with Crippen LogP contribution in [0.4, 0.5) is 11.5 Å². The standard InChI is InChI=1S/C18H18ClN5O/c1-11-7-12(2)9-14(8-11)21-18(25)16-17(20)24(23-22-16)10-13-5-3-4-6-15(13)19/h3-9H,10,20H2,1-2H3,(H,21,25). The van der Waals surface area contributed by atoms with Crippen molar-refractivity contribution < 1.29 is 4.79 Å². The number of nitrogens with zero attached hydrogens (tertiary/aromatic N) is 3. The summed E-state index contributed by atoms with van der Waals surface area (Å²) in [5.41, 5.74) is 9.81. The molecule has 128 valence electrons. The molecule has 0 saturated heterocycles. The summed E-state index contributed by atoms with van der Waals surface area (Å²) in [6, 6.07) is 13.2. The van der Waals surface area contributed by atoms with Gasteiger partial charge in [0.25, 0.3) is 5.91 Å². The number of nitrogens with one attached hydrogen (secondary N) is 1. The molecule has 0 unspecified atom stereocenters. The maximum atomic E-state index is 12.5. The Labute approximate surface area is 150 Å². The van der Waals surface area contributed by atoms with Crippen molar-refractivity contribution in [2.45, 2.75) is 20.4 Å². The van der Waals surface area contributed by atoms with Crippen LogP contribution in [0, 0.1) is 13.8 Å². The number of carbonyl (C=O) groups is 1. The van der Waals surface area contributed by atoms with Gasteiger partial charge in [0.15, 0.2) is 11.5 Å². The molecule has 0 radical (unpaired) electrons. The van der Waals surface area contributed by atoms with Crippen molar-refractivity contribution in [2.24, 2.45) is 0 Å². The van der Waals surface area contributed by atoms with Crippen molar-refractivity contribution in [3.8, 4) is 0 Å². The van der Waals surface area contributed by atoms with Gasteiger partial charge in [-0.25, -0.2) is 4.68 Å². The number of carbonyl (C=O) groups excluding carboxylic acids is 1. The van der Waals surface area contributed by atoms with E-state index in [0.29, 0.717) is 17.3 Å². The van der Waals surface area contributed by atoms with E-state index < -0.39 is 5.91 Å². The lowest BCUT2D eigenvalue weighted by Gasteiger charge is -2.07. The van der Waals surface area contributed by atoms with Crippen LogP contribution in [-0.4, -0.2) is 20.9 Å². The molecule has 3 rings (SSSR count). The summed E-state index contributed by atoms with van der Waals surface area (Å²) in [6.45, 7) is 4.28. The monoisotopic (exact) mass is 355 g/mol. The van der Waals surface area contributed by atoms with Gasteiger partial charge < -0.3 is 11.1 Å². The Kier molecular flexibility index (Phi) is 4.72. The van der Waals surface area contributed by atoms with Gasteiger partial charge in [-0.2, -0.15) is 0 Å². The van der Waals surface area contributed by atoms with Crippen LogP contribution in [0.1, 0.15) is 27.2 Å². The topological polar surface area (TPSA) is 85.8 Å². The molecular formula is C18H18ClN5O. The third-order valence-corrected chi connectivity index (χ3v) is 4.11. The van der Waals surface area contributed by atoms with Crippen molar-refractivity contribution >= 4 is 29.0 Å². The minimum absolute atomic E-state index is 0.0891. The second-order valence-corrected chi connectivity index (χ2v) is 6.31. The number of aryl methyl sites for hydroxylation is 2. The molecule has 3 aromatic rings. The summed E-state index contributed by atoms with van der Waals surface area (Å²) in [6.07, 6.45) is 0. The van der Waals surface area contributed by atoms with Gasteiger partial charge in [-0.15, -0.1) is 5.10 Å². The summed E-state index contributed by atoms with van der Waals surface area (Å²) in [5.74, 6) is -0.199. The second-order valence-electron chi connectivity index (χ2n) is 5.90. The van der Waals surface area contributed by atoms with Gasteiger partial charge >= 0.3 is 0 Å². The lowest BCUT2D eigenvalue weighted by Crippen LogP contribution is -2.15. The zero-order valence-electron chi connectivity index (χ0n) is 14.0. The molecule has 3 N–H and O–H groups in total. The van der Waals surface area contributed by atoms with Gasteiger partial charge in [0.2, 0.25) is 0 Å². The summed E-state index contributed by atoms with van der Waals surface area (Å²) in [4.78, 5) is 12.5. The number of rotatable bonds is 4. The highest BCUT2D eigenvalue weighted by Crippen LogP contribution is 2.19. The van der Waals surface area contributed by atoms with Gasteiger partial charge in [0.05, 0.1) is 6.54 Å². The molecule has 2 aromatic carbocycles. The molecule has 0 aliphatic rings. The summed E-state index contributed by atoms with van der Waals surface area (Å²) in [5, 5.41) is 11.3. The Morgan fingerprint density at radius 3 is 2.56 bits per heavy atom. The molecule has 6 nitrogen and oxygen atoms in total. The van der Waals surface area contributed by atoms with E-state index in [1.54, 1.807) is 6.07 Å². The van der Waals surface area contributed by atoms with Gasteiger partial charge in [0.1, 0.15) is 0 Å². The van der Waals surface area contributed by atoms with E-state index >= 15 is 0 Å². The Hall–Kier alpha value is -2.86. The Morgan fingerprint density at radius 1 is 1.20 bits per heavy atom. The van der Waals surface area contributed by atoms with Crippen LogP contribution in [0.5, 0.6) is 0 Å². The van der Waals surface area contributed by atoms with Gasteiger partial charge in [0, 0.05) is 10.7 Å². The average Bonchev–Trinajstić information content (AvgIpc) is 2.89. The molecule has 1 amide bonds. The van der Waals surface area contributed by atoms with E-state index in [1.807, 2.05) is 50.2 Å². The van der Waals surface area contributed by atoms with E-state index in [-0.39, 0.29) is 11.5 Å². The quantitative estimate of drug-likeness (QED) is 0.750. The molecule has 1 aromatic heterocycles. The molecular weight excluding hydrogens is 338 g/mol. The maximum absolute atomic E-state index is 12.5. The molecule has 0 spiro atoms. The van der Waals surface area contributed by atoms with Crippen LogP contribution in [0.25, 0.3) is 0 Å². The van der Waals surface area contributed by atoms with Crippen molar-refractivity contribution in [3.05, 3.63) is 69.9 Å². The highest BCUT2D eigenvalue weighted by Gasteiger charge is 2.18. The minimum Gasteiger partial charge on any atom is -0.382 e. The fourth-order valence-corrected chi connectivity index (χ4v) is 2.82. The first kappa shape index (κ1) is 17.0. The van der Waals surface area contributed by atoms with Gasteiger partial charge in [-0.1, -0.05) is 41.1 Å². The van der Waals surface area contributed by atoms with E-state index in [1.165, 1.54) is 4.68 Å². The third-order valence-electron chi connectivity index (χ3n) is 3.75. The number of aromatic nitrogens is 3. The predicted molar refractivity (Wildman–Crippen MR) is 98.9 cm³/mol. The maximum Gasteiger partial charge on any atom is 0.280 e.